The molecular weight excluding hydrogens is 124 g/mol. The molecule has 0 aliphatic heterocycles. The number of rotatable bonds is 3. The molecule has 0 aromatic carbocycles. The molecule has 0 spiro atoms. The van der Waals surface area contributed by atoms with Crippen LogP contribution in [-0.2, 0) is 0 Å². The van der Waals surface area contributed by atoms with Crippen molar-refractivity contribution in [2.24, 2.45) is 5.73 Å². The van der Waals surface area contributed by atoms with Crippen molar-refractivity contribution < 1.29 is 0 Å². The van der Waals surface area contributed by atoms with Gasteiger partial charge in [0.2, 0.25) is 0 Å². The third kappa shape index (κ3) is 9.51. The van der Waals surface area contributed by atoms with E-state index in [1.807, 2.05) is 14.0 Å². The first kappa shape index (κ1) is 11.1. The quantitative estimate of drug-likeness (QED) is 0.592. The summed E-state index contributed by atoms with van der Waals surface area (Å²) in [5.74, 6) is 0. The van der Waals surface area contributed by atoms with Crippen LogP contribution in [0.5, 0.6) is 0 Å². The highest BCUT2D eigenvalue weighted by Crippen LogP contribution is 1.79. The number of nitrogens with one attached hydrogen (secondary N) is 1. The maximum Gasteiger partial charge on any atom is 0.00225 e. The van der Waals surface area contributed by atoms with Crippen LogP contribution in [0.4, 0.5) is 0 Å². The number of halogens is 1. The maximum absolute atomic E-state index is 5.44. The molecule has 0 rings (SSSR count). The van der Waals surface area contributed by atoms with Gasteiger partial charge in [-0.05, 0) is 26.9 Å². The van der Waals surface area contributed by atoms with Gasteiger partial charge in [0.1, 0.15) is 0 Å². The van der Waals surface area contributed by atoms with Gasteiger partial charge in [-0.15, -0.1) is 12.4 Å². The minimum absolute atomic E-state index is 0. The molecule has 0 aliphatic rings. The lowest BCUT2D eigenvalue weighted by Crippen LogP contribution is -2.21. The van der Waals surface area contributed by atoms with Crippen molar-refractivity contribution >= 4 is 12.4 Å². The summed E-state index contributed by atoms with van der Waals surface area (Å²) < 4.78 is 0. The summed E-state index contributed by atoms with van der Waals surface area (Å²) in [7, 11) is 1.93. The van der Waals surface area contributed by atoms with Crippen molar-refractivity contribution in [3.8, 4) is 0 Å². The van der Waals surface area contributed by atoms with E-state index in [-0.39, 0.29) is 12.4 Å². The number of nitrogens with two attached hydrogens (primary N) is 1. The van der Waals surface area contributed by atoms with Crippen LogP contribution >= 0.6 is 12.4 Å². The Hall–Kier alpha value is 0.210. The average Bonchev–Trinajstić information content (AvgIpc) is 1.61. The first-order valence-electron chi connectivity index (χ1n) is 2.67. The first-order chi connectivity index (χ1) is 3.27. The van der Waals surface area contributed by atoms with Crippen LogP contribution in [0.2, 0.25) is 0 Å². The molecular formula is C5H15ClN2. The molecule has 0 saturated heterocycles. The smallest absolute Gasteiger partial charge is 0.00225 e. The lowest BCUT2D eigenvalue weighted by Gasteiger charge is -2.00. The van der Waals surface area contributed by atoms with Gasteiger partial charge < -0.3 is 11.1 Å². The summed E-state index contributed by atoms with van der Waals surface area (Å²) in [6, 6.07) is 0.340. The molecule has 3 N–H and O–H groups in total. The molecule has 1 unspecified atom stereocenters. The Bertz CT molecular complexity index is 39.4. The van der Waals surface area contributed by atoms with Crippen LogP contribution in [0.3, 0.4) is 0 Å². The van der Waals surface area contributed by atoms with E-state index in [1.165, 1.54) is 0 Å². The van der Waals surface area contributed by atoms with Crippen LogP contribution in [0.15, 0.2) is 0 Å². The minimum Gasteiger partial charge on any atom is -0.328 e. The summed E-state index contributed by atoms with van der Waals surface area (Å²) in [5.41, 5.74) is 5.44. The van der Waals surface area contributed by atoms with Gasteiger partial charge in [-0.2, -0.15) is 0 Å². The molecule has 1 atom stereocenters. The van der Waals surface area contributed by atoms with Gasteiger partial charge in [-0.25, -0.2) is 0 Å². The lowest BCUT2D eigenvalue weighted by molar-refractivity contribution is 0.627. The molecule has 2 nitrogen and oxygen atoms in total. The fraction of sp³-hybridized carbons (Fsp3) is 1.00. The minimum atomic E-state index is 0. The molecule has 0 aromatic rings. The molecule has 3 heteroatoms. The third-order valence-corrected chi connectivity index (χ3v) is 0.850. The van der Waals surface area contributed by atoms with Crippen molar-refractivity contribution in [3.05, 3.63) is 0 Å². The predicted octanol–water partition coefficient (Wildman–Crippen LogP) is 0.365. The standard InChI is InChI=1S/C5H14N2.ClH/c1-5(6)3-4-7-2;/h5,7H,3-4,6H2,1-2H3;1H. The Morgan fingerprint density at radius 2 is 2.12 bits per heavy atom. The fourth-order valence-electron chi connectivity index (χ4n) is 0.372. The molecule has 52 valence electrons. The van der Waals surface area contributed by atoms with Crippen molar-refractivity contribution in [2.45, 2.75) is 19.4 Å². The van der Waals surface area contributed by atoms with Gasteiger partial charge in [-0.1, -0.05) is 0 Å². The van der Waals surface area contributed by atoms with E-state index in [0.717, 1.165) is 13.0 Å². The summed E-state index contributed by atoms with van der Waals surface area (Å²) in [4.78, 5) is 0. The second kappa shape index (κ2) is 7.21. The van der Waals surface area contributed by atoms with Crippen molar-refractivity contribution in [1.82, 2.24) is 5.32 Å². The van der Waals surface area contributed by atoms with Crippen LogP contribution in [0.1, 0.15) is 13.3 Å². The van der Waals surface area contributed by atoms with Gasteiger partial charge in [0.25, 0.3) is 0 Å². The lowest BCUT2D eigenvalue weighted by atomic mass is 10.2. The third-order valence-electron chi connectivity index (χ3n) is 0.850. The molecule has 0 amide bonds. The normalized spacial score (nSPS) is 12.4. The van der Waals surface area contributed by atoms with E-state index >= 15 is 0 Å². The monoisotopic (exact) mass is 138 g/mol. The zero-order valence-electron chi connectivity index (χ0n) is 5.48. The first-order valence-corrected chi connectivity index (χ1v) is 2.67. The highest BCUT2D eigenvalue weighted by molar-refractivity contribution is 5.85. The summed E-state index contributed by atoms with van der Waals surface area (Å²) >= 11 is 0. The van der Waals surface area contributed by atoms with Gasteiger partial charge >= 0.3 is 0 Å². The predicted molar refractivity (Wildman–Crippen MR) is 39.4 cm³/mol. The molecule has 0 saturated carbocycles. The average molecular weight is 139 g/mol. The summed E-state index contributed by atoms with van der Waals surface area (Å²) in [6.45, 7) is 3.04. The summed E-state index contributed by atoms with van der Waals surface area (Å²) in [5, 5.41) is 3.02. The van der Waals surface area contributed by atoms with Crippen LogP contribution in [0, 0.1) is 0 Å². The van der Waals surface area contributed by atoms with Crippen LogP contribution in [-0.4, -0.2) is 19.6 Å². The van der Waals surface area contributed by atoms with E-state index < -0.39 is 0 Å². The molecule has 0 radical (unpaired) electrons. The topological polar surface area (TPSA) is 38.0 Å². The van der Waals surface area contributed by atoms with Crippen LogP contribution < -0.4 is 11.1 Å². The van der Waals surface area contributed by atoms with Crippen LogP contribution in [0.25, 0.3) is 0 Å². The maximum atomic E-state index is 5.44. The van der Waals surface area contributed by atoms with Crippen molar-refractivity contribution in [3.63, 3.8) is 0 Å². The van der Waals surface area contributed by atoms with E-state index in [2.05, 4.69) is 5.32 Å². The second-order valence-corrected chi connectivity index (χ2v) is 1.87. The van der Waals surface area contributed by atoms with Crippen molar-refractivity contribution in [1.29, 1.82) is 0 Å². The Kier molecular flexibility index (Phi) is 9.97. The Balaban J connectivity index is 0. The zero-order valence-corrected chi connectivity index (χ0v) is 6.29. The van der Waals surface area contributed by atoms with Gasteiger partial charge in [0.05, 0.1) is 0 Å². The van der Waals surface area contributed by atoms with E-state index in [4.69, 9.17) is 5.73 Å². The second-order valence-electron chi connectivity index (χ2n) is 1.87. The molecule has 0 aliphatic carbocycles. The van der Waals surface area contributed by atoms with E-state index in [1.54, 1.807) is 0 Å². The van der Waals surface area contributed by atoms with Gasteiger partial charge in [0, 0.05) is 6.04 Å². The Morgan fingerprint density at radius 3 is 2.25 bits per heavy atom. The number of hydrogen-bond acceptors (Lipinski definition) is 2. The van der Waals surface area contributed by atoms with Gasteiger partial charge in [0.15, 0.2) is 0 Å². The largest absolute Gasteiger partial charge is 0.328 e. The Labute approximate surface area is 57.2 Å². The summed E-state index contributed by atoms with van der Waals surface area (Å²) in [6.07, 6.45) is 1.07. The molecule has 8 heavy (non-hydrogen) atoms. The SMILES string of the molecule is CNCCC(C)N.Cl. The fourth-order valence-corrected chi connectivity index (χ4v) is 0.372. The van der Waals surface area contributed by atoms with Crippen molar-refractivity contribution in [2.75, 3.05) is 13.6 Å². The zero-order chi connectivity index (χ0) is 5.70. The van der Waals surface area contributed by atoms with E-state index in [9.17, 15) is 0 Å². The van der Waals surface area contributed by atoms with E-state index in [0.29, 0.717) is 6.04 Å². The van der Waals surface area contributed by atoms with Gasteiger partial charge in [-0.3, -0.25) is 0 Å². The molecule has 0 fully saturated rings. The Morgan fingerprint density at radius 1 is 1.62 bits per heavy atom. The highest BCUT2D eigenvalue weighted by Gasteiger charge is 1.88. The molecule has 0 bridgehead atoms. The number of hydrogen-bond donors (Lipinski definition) is 2. The molecule has 0 aromatic heterocycles. The molecule has 0 heterocycles. The highest BCUT2D eigenvalue weighted by atomic mass is 35.5.